The van der Waals surface area contributed by atoms with E-state index in [-0.39, 0.29) is 6.61 Å². The maximum absolute atomic E-state index is 14.4. The lowest BCUT2D eigenvalue weighted by Gasteiger charge is -2.11. The first-order valence-corrected chi connectivity index (χ1v) is 7.90. The molecule has 0 heterocycles. The fourth-order valence-electron chi connectivity index (χ4n) is 2.03. The molecule has 0 spiro atoms. The lowest BCUT2D eigenvalue weighted by atomic mass is 9.98. The van der Waals surface area contributed by atoms with Crippen LogP contribution in [0.5, 0.6) is 0 Å². The van der Waals surface area contributed by atoms with Gasteiger partial charge in [-0.3, -0.25) is 14.9 Å². The Morgan fingerprint density at radius 3 is 2.33 bits per heavy atom. The number of benzene rings is 1. The van der Waals surface area contributed by atoms with E-state index in [1.165, 1.54) is 6.92 Å². The average Bonchev–Trinajstić information content (AvgIpc) is 2.62. The molecule has 0 aliphatic carbocycles. The number of nitrogens with zero attached hydrogens (tertiary/aromatic N) is 1. The Labute approximate surface area is 152 Å². The van der Waals surface area contributed by atoms with Gasteiger partial charge in [0.25, 0.3) is 0 Å². The number of ketones is 1. The molecule has 0 radical (unpaired) electrons. The second-order valence-electron chi connectivity index (χ2n) is 5.23. The first kappa shape index (κ1) is 22.1. The van der Waals surface area contributed by atoms with Gasteiger partial charge in [0.2, 0.25) is 11.6 Å². The number of nitro benzene ring substituents is 1. The molecule has 27 heavy (non-hydrogen) atoms. The third kappa shape index (κ3) is 4.82. The molecule has 11 heteroatoms. The highest BCUT2D eigenvalue weighted by molar-refractivity contribution is 6.25. The van der Waals surface area contributed by atoms with Gasteiger partial charge in [-0.25, -0.2) is 19.0 Å². The Kier molecular flexibility index (Phi) is 7.91. The number of esters is 1. The van der Waals surface area contributed by atoms with E-state index in [9.17, 15) is 32.9 Å². The molecule has 0 saturated carbocycles. The van der Waals surface area contributed by atoms with Crippen LogP contribution in [0, 0.1) is 34.5 Å². The van der Waals surface area contributed by atoms with Crippen LogP contribution in [0.2, 0.25) is 0 Å². The van der Waals surface area contributed by atoms with E-state index in [0.717, 1.165) is 13.1 Å². The van der Waals surface area contributed by atoms with Gasteiger partial charge in [0.1, 0.15) is 17.0 Å². The molecule has 148 valence electrons. The van der Waals surface area contributed by atoms with Crippen molar-refractivity contribution in [3.8, 4) is 0 Å². The molecule has 0 saturated heterocycles. The minimum Gasteiger partial charge on any atom is -0.462 e. The smallest absolute Gasteiger partial charge is 0.343 e. The Bertz CT molecular complexity index is 796. The van der Waals surface area contributed by atoms with Crippen LogP contribution < -0.4 is 10.9 Å². The molecule has 1 aromatic carbocycles. The van der Waals surface area contributed by atoms with E-state index in [1.807, 2.05) is 6.92 Å². The van der Waals surface area contributed by atoms with Crippen LogP contribution >= 0.6 is 0 Å². The number of nitro groups is 1. The van der Waals surface area contributed by atoms with E-state index in [1.54, 1.807) is 0 Å². The molecule has 0 atom stereocenters. The first-order chi connectivity index (χ1) is 12.7. The lowest BCUT2D eigenvalue weighted by Crippen LogP contribution is -2.30. The van der Waals surface area contributed by atoms with Gasteiger partial charge in [-0.05, 0) is 20.3 Å². The Morgan fingerprint density at radius 2 is 1.81 bits per heavy atom. The van der Waals surface area contributed by atoms with E-state index in [4.69, 9.17) is 0 Å². The van der Waals surface area contributed by atoms with Gasteiger partial charge >= 0.3 is 11.7 Å². The molecule has 0 aliphatic heterocycles. The summed E-state index contributed by atoms with van der Waals surface area (Å²) in [7, 11) is 0. The summed E-state index contributed by atoms with van der Waals surface area (Å²) in [6.07, 6.45) is 1.50. The monoisotopic (exact) mass is 389 g/mol. The van der Waals surface area contributed by atoms with Crippen molar-refractivity contribution in [3.63, 3.8) is 0 Å². The molecule has 0 unspecified atom stereocenters. The number of hydrogen-bond donors (Lipinski definition) is 2. The summed E-state index contributed by atoms with van der Waals surface area (Å²) < 4.78 is 46.7. The van der Waals surface area contributed by atoms with Crippen molar-refractivity contribution in [1.29, 1.82) is 0 Å². The normalized spacial score (nSPS) is 11.3. The van der Waals surface area contributed by atoms with Gasteiger partial charge in [0.15, 0.2) is 5.82 Å². The Hall–Kier alpha value is -2.95. The van der Waals surface area contributed by atoms with Gasteiger partial charge in [-0.15, -0.1) is 0 Å². The summed E-state index contributed by atoms with van der Waals surface area (Å²) in [6, 6.07) is 0. The van der Waals surface area contributed by atoms with Crippen LogP contribution in [0.4, 0.5) is 18.9 Å². The minimum absolute atomic E-state index is 0.146. The van der Waals surface area contributed by atoms with Crippen LogP contribution in [0.3, 0.4) is 0 Å². The van der Waals surface area contributed by atoms with Crippen LogP contribution in [0.15, 0.2) is 11.8 Å². The molecule has 8 nitrogen and oxygen atoms in total. The predicted octanol–water partition coefficient (Wildman–Crippen LogP) is 2.45. The van der Waals surface area contributed by atoms with E-state index in [2.05, 4.69) is 15.6 Å². The van der Waals surface area contributed by atoms with E-state index < -0.39 is 56.5 Å². The van der Waals surface area contributed by atoms with Crippen molar-refractivity contribution in [2.24, 2.45) is 0 Å². The predicted molar refractivity (Wildman–Crippen MR) is 88.2 cm³/mol. The van der Waals surface area contributed by atoms with Crippen molar-refractivity contribution < 1.29 is 32.4 Å². The number of halogens is 3. The van der Waals surface area contributed by atoms with Gasteiger partial charge in [-0.1, -0.05) is 6.92 Å². The number of ether oxygens (including phenoxy) is 1. The topological polar surface area (TPSA) is 111 Å². The molecule has 0 aliphatic rings. The van der Waals surface area contributed by atoms with Crippen molar-refractivity contribution >= 4 is 17.4 Å². The van der Waals surface area contributed by atoms with Gasteiger partial charge in [-0.2, -0.15) is 4.39 Å². The largest absolute Gasteiger partial charge is 0.462 e. The first-order valence-electron chi connectivity index (χ1n) is 7.90. The van der Waals surface area contributed by atoms with E-state index in [0.29, 0.717) is 13.0 Å². The molecule has 0 aromatic heterocycles. The third-order valence-corrected chi connectivity index (χ3v) is 3.36. The van der Waals surface area contributed by atoms with Crippen molar-refractivity contribution in [3.05, 3.63) is 50.5 Å². The summed E-state index contributed by atoms with van der Waals surface area (Å²) in [6.45, 7) is 4.36. The van der Waals surface area contributed by atoms with Crippen LogP contribution in [-0.2, 0) is 9.53 Å². The van der Waals surface area contributed by atoms with Crippen LogP contribution in [0.1, 0.15) is 36.2 Å². The molecule has 2 N–H and O–H groups in total. The van der Waals surface area contributed by atoms with Crippen molar-refractivity contribution in [2.75, 3.05) is 13.2 Å². The fourth-order valence-corrected chi connectivity index (χ4v) is 2.03. The molecule has 0 amide bonds. The minimum atomic E-state index is -2.00. The maximum Gasteiger partial charge on any atom is 0.343 e. The second-order valence-corrected chi connectivity index (χ2v) is 5.23. The number of hydrazine groups is 1. The molecule has 0 bridgehead atoms. The van der Waals surface area contributed by atoms with Crippen molar-refractivity contribution in [1.82, 2.24) is 10.9 Å². The quantitative estimate of drug-likeness (QED) is 0.0768. The molecule has 0 fully saturated rings. The summed E-state index contributed by atoms with van der Waals surface area (Å²) in [5.41, 5.74) is 0.176. The number of hydrogen-bond acceptors (Lipinski definition) is 7. The maximum atomic E-state index is 14.4. The van der Waals surface area contributed by atoms with Crippen LogP contribution in [0.25, 0.3) is 0 Å². The summed E-state index contributed by atoms with van der Waals surface area (Å²) in [5.74, 6) is -8.17. The number of carbonyl (C=O) groups excluding carboxylic acids is 2. The molecular formula is C16H18F3N3O5. The lowest BCUT2D eigenvalue weighted by molar-refractivity contribution is -0.388. The zero-order valence-corrected chi connectivity index (χ0v) is 14.8. The molecule has 1 rings (SSSR count). The number of nitrogens with one attached hydrogen (secondary N) is 2. The summed E-state index contributed by atoms with van der Waals surface area (Å²) in [5, 5.41) is 11.1. The highest BCUT2D eigenvalue weighted by Crippen LogP contribution is 2.32. The zero-order chi connectivity index (χ0) is 20.7. The SMILES string of the molecule is CCCNNC=C(C(=O)OCC)C(=O)c1c(F)c(C)c(F)c(F)c1[N+](=O)[O-]. The van der Waals surface area contributed by atoms with E-state index >= 15 is 0 Å². The van der Waals surface area contributed by atoms with Gasteiger partial charge < -0.3 is 10.2 Å². The number of rotatable bonds is 9. The zero-order valence-electron chi connectivity index (χ0n) is 14.8. The number of Topliss-reactive ketones (excluding diaryl/α,β-unsaturated/α-hetero) is 1. The second kappa shape index (κ2) is 9.67. The molecule has 1 aromatic rings. The standard InChI is InChI=1S/C16H18F3N3O5/c1-4-6-20-21-7-9(16(24)27-5-2)15(23)10-11(17)8(3)12(18)13(19)14(10)22(25)26/h7,20-21H,4-6H2,1-3H3. The highest BCUT2D eigenvalue weighted by atomic mass is 19.2. The Balaban J connectivity index is 3.57. The Morgan fingerprint density at radius 1 is 1.19 bits per heavy atom. The van der Waals surface area contributed by atoms with Crippen molar-refractivity contribution in [2.45, 2.75) is 27.2 Å². The molecular weight excluding hydrogens is 371 g/mol. The summed E-state index contributed by atoms with van der Waals surface area (Å²) >= 11 is 0. The average molecular weight is 389 g/mol. The van der Waals surface area contributed by atoms with Gasteiger partial charge in [0.05, 0.1) is 11.5 Å². The van der Waals surface area contributed by atoms with Gasteiger partial charge in [0, 0.05) is 18.3 Å². The number of carbonyl (C=O) groups is 2. The third-order valence-electron chi connectivity index (χ3n) is 3.36. The fraction of sp³-hybridized carbons (Fsp3) is 0.375. The summed E-state index contributed by atoms with van der Waals surface area (Å²) in [4.78, 5) is 34.3. The van der Waals surface area contributed by atoms with Crippen LogP contribution in [-0.4, -0.2) is 29.8 Å². The highest BCUT2D eigenvalue weighted by Gasteiger charge is 2.37.